The van der Waals surface area contributed by atoms with Crippen molar-refractivity contribution >= 4 is 5.97 Å². The summed E-state index contributed by atoms with van der Waals surface area (Å²) in [6.07, 6.45) is 1.98. The summed E-state index contributed by atoms with van der Waals surface area (Å²) in [4.78, 5) is 14.1. The van der Waals surface area contributed by atoms with Gasteiger partial charge >= 0.3 is 5.97 Å². The molecule has 0 rings (SSSR count). The summed E-state index contributed by atoms with van der Waals surface area (Å²) in [5, 5.41) is 3.08. The van der Waals surface area contributed by atoms with Crippen LogP contribution in [0.4, 0.5) is 0 Å². The SMILES string of the molecule is CCOC(=O)C(C)(CCCN(C)CCOC(C)C)NC. The maximum Gasteiger partial charge on any atom is 0.326 e. The van der Waals surface area contributed by atoms with Crippen molar-refractivity contribution in [3.05, 3.63) is 0 Å². The highest BCUT2D eigenvalue weighted by atomic mass is 16.5. The van der Waals surface area contributed by atoms with Crippen molar-refractivity contribution in [1.82, 2.24) is 10.2 Å². The van der Waals surface area contributed by atoms with Gasteiger partial charge in [-0.15, -0.1) is 0 Å². The first-order valence-corrected chi connectivity index (χ1v) is 7.52. The van der Waals surface area contributed by atoms with Crippen LogP contribution < -0.4 is 5.32 Å². The monoisotopic (exact) mass is 288 g/mol. The maximum absolute atomic E-state index is 11.9. The standard InChI is InChI=1S/C15H32N2O3/c1-7-19-14(18)15(4,16-5)9-8-10-17(6)11-12-20-13(2)3/h13,16H,7-12H2,1-6H3. The fourth-order valence-corrected chi connectivity index (χ4v) is 1.88. The summed E-state index contributed by atoms with van der Waals surface area (Å²) >= 11 is 0. The van der Waals surface area contributed by atoms with Crippen LogP contribution in [0.3, 0.4) is 0 Å². The third kappa shape index (κ3) is 7.82. The van der Waals surface area contributed by atoms with E-state index in [0.29, 0.717) is 6.61 Å². The van der Waals surface area contributed by atoms with Crippen molar-refractivity contribution in [1.29, 1.82) is 0 Å². The van der Waals surface area contributed by atoms with Gasteiger partial charge in [0.15, 0.2) is 0 Å². The van der Waals surface area contributed by atoms with Gasteiger partial charge < -0.3 is 19.7 Å². The van der Waals surface area contributed by atoms with Crippen molar-refractivity contribution in [2.75, 3.05) is 40.4 Å². The average molecular weight is 288 g/mol. The summed E-state index contributed by atoms with van der Waals surface area (Å²) in [5.41, 5.74) is -0.592. The summed E-state index contributed by atoms with van der Waals surface area (Å²) in [6.45, 7) is 10.8. The Morgan fingerprint density at radius 1 is 1.35 bits per heavy atom. The molecule has 0 aromatic carbocycles. The van der Waals surface area contributed by atoms with Gasteiger partial charge in [-0.1, -0.05) is 0 Å². The number of likely N-dealkylation sites (N-methyl/N-ethyl adjacent to an activating group) is 2. The molecule has 1 atom stereocenters. The maximum atomic E-state index is 11.9. The predicted octanol–water partition coefficient (Wildman–Crippen LogP) is 1.66. The van der Waals surface area contributed by atoms with E-state index in [0.717, 1.165) is 32.5 Å². The van der Waals surface area contributed by atoms with Crippen LogP contribution in [0.2, 0.25) is 0 Å². The lowest BCUT2D eigenvalue weighted by Crippen LogP contribution is -2.49. The molecule has 20 heavy (non-hydrogen) atoms. The van der Waals surface area contributed by atoms with E-state index >= 15 is 0 Å². The van der Waals surface area contributed by atoms with E-state index in [4.69, 9.17) is 9.47 Å². The number of rotatable bonds is 11. The van der Waals surface area contributed by atoms with Crippen LogP contribution in [-0.4, -0.2) is 62.9 Å². The number of nitrogens with one attached hydrogen (secondary N) is 1. The van der Waals surface area contributed by atoms with Gasteiger partial charge in [0.2, 0.25) is 0 Å². The van der Waals surface area contributed by atoms with Crippen LogP contribution in [0, 0.1) is 0 Å². The molecule has 0 saturated heterocycles. The number of nitrogens with zero attached hydrogens (tertiary/aromatic N) is 1. The molecule has 0 saturated carbocycles. The first-order valence-electron chi connectivity index (χ1n) is 7.52. The average Bonchev–Trinajstić information content (AvgIpc) is 2.38. The molecule has 0 aliphatic carbocycles. The van der Waals surface area contributed by atoms with Crippen molar-refractivity contribution in [2.45, 2.75) is 52.2 Å². The van der Waals surface area contributed by atoms with Crippen molar-refractivity contribution in [2.24, 2.45) is 0 Å². The molecular weight excluding hydrogens is 256 g/mol. The molecule has 0 fully saturated rings. The molecule has 0 radical (unpaired) electrons. The van der Waals surface area contributed by atoms with Gasteiger partial charge in [0, 0.05) is 6.54 Å². The Labute approximate surface area is 124 Å². The zero-order chi connectivity index (χ0) is 15.6. The minimum absolute atomic E-state index is 0.173. The number of carbonyl (C=O) groups excluding carboxylic acids is 1. The Kier molecular flexibility index (Phi) is 9.80. The summed E-state index contributed by atoms with van der Waals surface area (Å²) < 4.78 is 10.6. The molecule has 0 bridgehead atoms. The number of ether oxygens (including phenoxy) is 2. The summed E-state index contributed by atoms with van der Waals surface area (Å²) in [6, 6.07) is 0. The van der Waals surface area contributed by atoms with E-state index in [1.54, 1.807) is 7.05 Å². The molecule has 0 aliphatic rings. The second kappa shape index (κ2) is 10.1. The number of esters is 1. The Hall–Kier alpha value is -0.650. The van der Waals surface area contributed by atoms with E-state index in [2.05, 4.69) is 17.3 Å². The van der Waals surface area contributed by atoms with Gasteiger partial charge in [0.25, 0.3) is 0 Å². The molecule has 120 valence electrons. The molecule has 0 aromatic heterocycles. The lowest BCUT2D eigenvalue weighted by molar-refractivity contribution is -0.150. The van der Waals surface area contributed by atoms with Crippen molar-refractivity contribution < 1.29 is 14.3 Å². The molecule has 1 unspecified atom stereocenters. The molecule has 0 aliphatic heterocycles. The molecule has 5 heteroatoms. The molecule has 0 heterocycles. The zero-order valence-corrected chi connectivity index (χ0v) is 14.0. The Morgan fingerprint density at radius 3 is 2.50 bits per heavy atom. The van der Waals surface area contributed by atoms with Gasteiger partial charge in [0.05, 0.1) is 19.3 Å². The number of carbonyl (C=O) groups is 1. The third-order valence-corrected chi connectivity index (χ3v) is 3.42. The Morgan fingerprint density at radius 2 is 2.00 bits per heavy atom. The fourth-order valence-electron chi connectivity index (χ4n) is 1.88. The lowest BCUT2D eigenvalue weighted by atomic mass is 9.96. The highest BCUT2D eigenvalue weighted by Gasteiger charge is 2.32. The smallest absolute Gasteiger partial charge is 0.326 e. The minimum Gasteiger partial charge on any atom is -0.465 e. The topological polar surface area (TPSA) is 50.8 Å². The molecule has 0 aromatic rings. The van der Waals surface area contributed by atoms with Gasteiger partial charge in [-0.3, -0.25) is 4.79 Å². The van der Waals surface area contributed by atoms with Crippen LogP contribution in [-0.2, 0) is 14.3 Å². The number of hydrogen-bond acceptors (Lipinski definition) is 5. The van der Waals surface area contributed by atoms with Gasteiger partial charge in [0.1, 0.15) is 5.54 Å². The van der Waals surface area contributed by atoms with E-state index in [-0.39, 0.29) is 12.1 Å². The van der Waals surface area contributed by atoms with E-state index in [9.17, 15) is 4.79 Å². The fraction of sp³-hybridized carbons (Fsp3) is 0.933. The zero-order valence-electron chi connectivity index (χ0n) is 14.0. The highest BCUT2D eigenvalue weighted by molar-refractivity contribution is 5.80. The highest BCUT2D eigenvalue weighted by Crippen LogP contribution is 2.14. The van der Waals surface area contributed by atoms with Crippen LogP contribution in [0.25, 0.3) is 0 Å². The van der Waals surface area contributed by atoms with E-state index in [1.807, 2.05) is 27.7 Å². The van der Waals surface area contributed by atoms with Crippen LogP contribution in [0.1, 0.15) is 40.5 Å². The van der Waals surface area contributed by atoms with Gasteiger partial charge in [-0.05, 0) is 61.2 Å². The third-order valence-electron chi connectivity index (χ3n) is 3.42. The Bertz CT molecular complexity index is 272. The molecule has 5 nitrogen and oxygen atoms in total. The molecule has 0 spiro atoms. The normalized spacial score (nSPS) is 14.6. The first kappa shape index (κ1) is 19.4. The lowest BCUT2D eigenvalue weighted by Gasteiger charge is -2.27. The van der Waals surface area contributed by atoms with Crippen LogP contribution >= 0.6 is 0 Å². The molecule has 1 N–H and O–H groups in total. The van der Waals surface area contributed by atoms with Crippen molar-refractivity contribution in [3.8, 4) is 0 Å². The minimum atomic E-state index is -0.592. The van der Waals surface area contributed by atoms with Crippen LogP contribution in [0.5, 0.6) is 0 Å². The Balaban J connectivity index is 3.97. The van der Waals surface area contributed by atoms with Gasteiger partial charge in [-0.2, -0.15) is 0 Å². The number of hydrogen-bond donors (Lipinski definition) is 1. The van der Waals surface area contributed by atoms with Gasteiger partial charge in [-0.25, -0.2) is 0 Å². The van der Waals surface area contributed by atoms with E-state index in [1.165, 1.54) is 0 Å². The van der Waals surface area contributed by atoms with Crippen molar-refractivity contribution in [3.63, 3.8) is 0 Å². The summed E-state index contributed by atoms with van der Waals surface area (Å²) in [7, 11) is 3.88. The summed E-state index contributed by atoms with van der Waals surface area (Å²) in [5.74, 6) is -0.173. The van der Waals surface area contributed by atoms with Crippen LogP contribution in [0.15, 0.2) is 0 Å². The molecule has 0 amide bonds. The second-order valence-corrected chi connectivity index (χ2v) is 5.63. The quantitative estimate of drug-likeness (QED) is 0.586. The first-order chi connectivity index (χ1) is 9.35. The largest absolute Gasteiger partial charge is 0.465 e. The second-order valence-electron chi connectivity index (χ2n) is 5.63. The molecular formula is C15H32N2O3. The van der Waals surface area contributed by atoms with E-state index < -0.39 is 5.54 Å². The predicted molar refractivity (Wildman–Crippen MR) is 81.9 cm³/mol.